The van der Waals surface area contributed by atoms with Crippen LogP contribution in [0.2, 0.25) is 0 Å². The highest BCUT2D eigenvalue weighted by atomic mass is 16.5. The summed E-state index contributed by atoms with van der Waals surface area (Å²) < 4.78 is 5.34. The Morgan fingerprint density at radius 3 is 2.68 bits per heavy atom. The van der Waals surface area contributed by atoms with Crippen molar-refractivity contribution in [3.05, 3.63) is 84.3 Å². The van der Waals surface area contributed by atoms with Gasteiger partial charge in [-0.05, 0) is 30.7 Å². The highest BCUT2D eigenvalue weighted by Crippen LogP contribution is 2.21. The summed E-state index contributed by atoms with van der Waals surface area (Å²) in [5.74, 6) is 0.706. The quantitative estimate of drug-likeness (QED) is 0.432. The second-order valence-electron chi connectivity index (χ2n) is 5.36. The largest absolute Gasteiger partial charge is 0.423 e. The van der Waals surface area contributed by atoms with Crippen molar-refractivity contribution in [2.45, 2.75) is 6.92 Å². The van der Waals surface area contributed by atoms with Crippen LogP contribution in [-0.2, 0) is 4.79 Å². The van der Waals surface area contributed by atoms with Crippen molar-refractivity contribution in [3.8, 4) is 5.75 Å². The summed E-state index contributed by atoms with van der Waals surface area (Å²) in [4.78, 5) is 20.2. The normalized spacial score (nSPS) is 10.6. The molecule has 5 nitrogen and oxygen atoms in total. The molecule has 25 heavy (non-hydrogen) atoms. The summed E-state index contributed by atoms with van der Waals surface area (Å²) in [7, 11) is 0. The van der Waals surface area contributed by atoms with Gasteiger partial charge in [0.2, 0.25) is 0 Å². The molecule has 0 spiro atoms. The molecule has 2 aromatic carbocycles. The summed E-state index contributed by atoms with van der Waals surface area (Å²) in [6.45, 7) is 1.89. The molecule has 0 aliphatic heterocycles. The molecule has 0 unspecified atom stereocenters. The average molecular weight is 331 g/mol. The molecule has 0 bridgehead atoms. The van der Waals surface area contributed by atoms with Crippen molar-refractivity contribution < 1.29 is 9.53 Å². The third-order valence-corrected chi connectivity index (χ3v) is 3.34. The molecule has 0 aliphatic carbocycles. The number of anilines is 2. The first-order valence-corrected chi connectivity index (χ1v) is 7.80. The molecular formula is C20H17N3O2. The number of aromatic nitrogens is 2. The lowest BCUT2D eigenvalue weighted by Crippen LogP contribution is -2.04. The van der Waals surface area contributed by atoms with Crippen molar-refractivity contribution in [3.63, 3.8) is 0 Å². The van der Waals surface area contributed by atoms with Gasteiger partial charge in [-0.1, -0.05) is 36.4 Å². The van der Waals surface area contributed by atoms with Gasteiger partial charge in [-0.3, -0.25) is 0 Å². The Morgan fingerprint density at radius 2 is 1.88 bits per heavy atom. The molecule has 0 saturated heterocycles. The lowest BCUT2D eigenvalue weighted by molar-refractivity contribution is -0.128. The van der Waals surface area contributed by atoms with Crippen LogP contribution in [-0.4, -0.2) is 15.9 Å². The lowest BCUT2D eigenvalue weighted by atomic mass is 10.2. The summed E-state index contributed by atoms with van der Waals surface area (Å²) in [6, 6.07) is 18.6. The molecule has 124 valence electrons. The number of esters is 1. The number of carbonyl (C=O) groups excluding carboxylic acids is 1. The lowest BCUT2D eigenvalue weighted by Gasteiger charge is -2.07. The van der Waals surface area contributed by atoms with Crippen LogP contribution >= 0.6 is 0 Å². The molecule has 3 aromatic rings. The third kappa shape index (κ3) is 5.00. The summed E-state index contributed by atoms with van der Waals surface area (Å²) in [5, 5.41) is 3.16. The maximum atomic E-state index is 12.0. The fourth-order valence-electron chi connectivity index (χ4n) is 2.19. The Kier molecular flexibility index (Phi) is 5.16. The van der Waals surface area contributed by atoms with Gasteiger partial charge in [0.15, 0.2) is 0 Å². The first kappa shape index (κ1) is 16.4. The Bertz CT molecular complexity index is 892. The van der Waals surface area contributed by atoms with Crippen molar-refractivity contribution in [1.29, 1.82) is 0 Å². The van der Waals surface area contributed by atoms with Gasteiger partial charge < -0.3 is 10.1 Å². The summed E-state index contributed by atoms with van der Waals surface area (Å²) in [6.07, 6.45) is 4.62. The minimum Gasteiger partial charge on any atom is -0.423 e. The van der Waals surface area contributed by atoms with Gasteiger partial charge in [0.25, 0.3) is 0 Å². The number of benzene rings is 2. The van der Waals surface area contributed by atoms with E-state index in [0.717, 1.165) is 16.9 Å². The molecule has 0 aliphatic rings. The topological polar surface area (TPSA) is 64.1 Å². The van der Waals surface area contributed by atoms with Gasteiger partial charge in [0, 0.05) is 29.6 Å². The van der Waals surface area contributed by atoms with Crippen molar-refractivity contribution in [2.24, 2.45) is 0 Å². The van der Waals surface area contributed by atoms with Crippen molar-refractivity contribution >= 4 is 23.6 Å². The molecule has 1 N–H and O–H groups in total. The van der Waals surface area contributed by atoms with E-state index in [2.05, 4.69) is 15.3 Å². The maximum absolute atomic E-state index is 12.0. The zero-order valence-corrected chi connectivity index (χ0v) is 13.7. The monoisotopic (exact) mass is 331 g/mol. The van der Waals surface area contributed by atoms with E-state index in [4.69, 9.17) is 4.74 Å². The fraction of sp³-hybridized carbons (Fsp3) is 0.0500. The summed E-state index contributed by atoms with van der Waals surface area (Å²) >= 11 is 0. The minimum absolute atomic E-state index is 0.432. The number of hydrogen-bond acceptors (Lipinski definition) is 5. The van der Waals surface area contributed by atoms with E-state index < -0.39 is 5.97 Å². The fourth-order valence-corrected chi connectivity index (χ4v) is 2.19. The highest BCUT2D eigenvalue weighted by Gasteiger charge is 2.03. The van der Waals surface area contributed by atoms with Crippen LogP contribution in [0.25, 0.3) is 6.08 Å². The van der Waals surface area contributed by atoms with Gasteiger partial charge in [0.1, 0.15) is 17.9 Å². The molecule has 0 atom stereocenters. The SMILES string of the molecule is Cc1cc(Nc2cccc(OC(=O)/C=C/c3ccccc3)c2)ncn1. The predicted octanol–water partition coefficient (Wildman–Crippen LogP) is 4.15. The zero-order valence-electron chi connectivity index (χ0n) is 13.7. The van der Waals surface area contributed by atoms with Crippen LogP contribution in [0.5, 0.6) is 5.75 Å². The Hall–Kier alpha value is -3.47. The minimum atomic E-state index is -0.432. The standard InChI is InChI=1S/C20H17N3O2/c1-15-12-19(22-14-21-15)23-17-8-5-9-18(13-17)25-20(24)11-10-16-6-3-2-4-7-16/h2-14H,1H3,(H,21,22,23)/b11-10+. The first-order valence-electron chi connectivity index (χ1n) is 7.80. The Labute approximate surface area is 146 Å². The number of carbonyl (C=O) groups is 1. The molecule has 0 fully saturated rings. The van der Waals surface area contributed by atoms with E-state index in [1.807, 2.05) is 49.4 Å². The van der Waals surface area contributed by atoms with E-state index in [0.29, 0.717) is 11.6 Å². The van der Waals surface area contributed by atoms with E-state index in [9.17, 15) is 4.79 Å². The highest BCUT2D eigenvalue weighted by molar-refractivity contribution is 5.88. The third-order valence-electron chi connectivity index (χ3n) is 3.34. The first-order chi connectivity index (χ1) is 12.2. The van der Waals surface area contributed by atoms with Crippen LogP contribution in [0.4, 0.5) is 11.5 Å². The van der Waals surface area contributed by atoms with Gasteiger partial charge in [-0.15, -0.1) is 0 Å². The predicted molar refractivity (Wildman–Crippen MR) is 97.6 cm³/mol. The van der Waals surface area contributed by atoms with E-state index in [-0.39, 0.29) is 0 Å². The van der Waals surface area contributed by atoms with Gasteiger partial charge in [-0.2, -0.15) is 0 Å². The number of hydrogen-bond donors (Lipinski definition) is 1. The zero-order chi connectivity index (χ0) is 17.5. The van der Waals surface area contributed by atoms with Crippen LogP contribution in [0.3, 0.4) is 0 Å². The number of aryl methyl sites for hydroxylation is 1. The van der Waals surface area contributed by atoms with Crippen LogP contribution in [0.15, 0.2) is 73.1 Å². The molecular weight excluding hydrogens is 314 g/mol. The molecule has 5 heteroatoms. The number of nitrogens with one attached hydrogen (secondary N) is 1. The Balaban J connectivity index is 1.65. The molecule has 0 amide bonds. The Morgan fingerprint density at radius 1 is 1.04 bits per heavy atom. The van der Waals surface area contributed by atoms with Crippen LogP contribution < -0.4 is 10.1 Å². The van der Waals surface area contributed by atoms with Gasteiger partial charge in [0.05, 0.1) is 0 Å². The van der Waals surface area contributed by atoms with E-state index >= 15 is 0 Å². The number of nitrogens with zero attached hydrogens (tertiary/aromatic N) is 2. The van der Waals surface area contributed by atoms with Crippen molar-refractivity contribution in [2.75, 3.05) is 5.32 Å². The molecule has 0 radical (unpaired) electrons. The second kappa shape index (κ2) is 7.88. The van der Waals surface area contributed by atoms with Crippen LogP contribution in [0.1, 0.15) is 11.3 Å². The van der Waals surface area contributed by atoms with Gasteiger partial charge in [-0.25, -0.2) is 14.8 Å². The number of rotatable bonds is 5. The maximum Gasteiger partial charge on any atom is 0.336 e. The second-order valence-corrected chi connectivity index (χ2v) is 5.36. The van der Waals surface area contributed by atoms with E-state index in [1.165, 1.54) is 12.4 Å². The average Bonchev–Trinajstić information content (AvgIpc) is 2.61. The molecule has 1 aromatic heterocycles. The molecule has 1 heterocycles. The smallest absolute Gasteiger partial charge is 0.336 e. The summed E-state index contributed by atoms with van der Waals surface area (Å²) in [5.41, 5.74) is 2.58. The van der Waals surface area contributed by atoms with Crippen LogP contribution in [0, 0.1) is 6.92 Å². The van der Waals surface area contributed by atoms with Gasteiger partial charge >= 0.3 is 5.97 Å². The van der Waals surface area contributed by atoms with E-state index in [1.54, 1.807) is 24.3 Å². The molecule has 0 saturated carbocycles. The molecule has 3 rings (SSSR count). The van der Waals surface area contributed by atoms with Crippen molar-refractivity contribution in [1.82, 2.24) is 9.97 Å². The number of ether oxygens (including phenoxy) is 1.